The summed E-state index contributed by atoms with van der Waals surface area (Å²) in [6, 6.07) is 107. The van der Waals surface area contributed by atoms with Crippen molar-refractivity contribution in [2.75, 3.05) is 9.80 Å². The molecule has 10 heteroatoms. The van der Waals surface area contributed by atoms with Crippen LogP contribution in [0.2, 0.25) is 0 Å². The van der Waals surface area contributed by atoms with Gasteiger partial charge >= 0.3 is 0 Å². The maximum atomic E-state index is 5.35. The first-order valence-corrected chi connectivity index (χ1v) is 29.6. The van der Waals surface area contributed by atoms with Crippen LogP contribution in [-0.2, 0) is 0 Å². The summed E-state index contributed by atoms with van der Waals surface area (Å²) in [5.74, 6) is 3.36. The Kier molecular flexibility index (Phi) is 12.1. The lowest BCUT2D eigenvalue weighted by molar-refractivity contribution is 1.06. The van der Waals surface area contributed by atoms with Crippen LogP contribution in [0, 0.1) is 0 Å². The molecule has 88 heavy (non-hydrogen) atoms. The molecule has 0 radical (unpaired) electrons. The minimum Gasteiger partial charge on any atom is -0.311 e. The molecule has 0 aliphatic carbocycles. The van der Waals surface area contributed by atoms with E-state index in [0.717, 1.165) is 94.8 Å². The van der Waals surface area contributed by atoms with Crippen LogP contribution in [0.15, 0.2) is 303 Å². The maximum Gasteiger partial charge on any atom is 0.252 e. The van der Waals surface area contributed by atoms with Crippen LogP contribution in [0.4, 0.5) is 34.1 Å². The molecule has 410 valence electrons. The first-order chi connectivity index (χ1) is 43.6. The molecule has 3 aromatic heterocycles. The van der Waals surface area contributed by atoms with Gasteiger partial charge < -0.3 is 14.4 Å². The molecule has 0 amide bonds. The van der Waals surface area contributed by atoms with E-state index in [4.69, 9.17) is 29.9 Å². The minimum absolute atomic E-state index is 0.00103. The summed E-state index contributed by atoms with van der Waals surface area (Å²) < 4.78 is 2.36. The van der Waals surface area contributed by atoms with Gasteiger partial charge in [-0.2, -0.15) is 0 Å². The van der Waals surface area contributed by atoms with E-state index in [1.807, 2.05) is 121 Å². The van der Waals surface area contributed by atoms with E-state index in [2.05, 4.69) is 196 Å². The van der Waals surface area contributed by atoms with E-state index >= 15 is 0 Å². The van der Waals surface area contributed by atoms with E-state index < -0.39 is 0 Å². The topological polar surface area (TPSA) is 88.7 Å². The Bertz CT molecular complexity index is 4930. The summed E-state index contributed by atoms with van der Waals surface area (Å²) in [7, 11) is 0. The highest BCUT2D eigenvalue weighted by molar-refractivity contribution is 7.00. The van der Waals surface area contributed by atoms with Crippen LogP contribution < -0.4 is 26.2 Å². The van der Waals surface area contributed by atoms with Gasteiger partial charge in [0.05, 0.1) is 16.7 Å². The summed E-state index contributed by atoms with van der Waals surface area (Å²) in [6.07, 6.45) is 0. The lowest BCUT2D eigenvalue weighted by Crippen LogP contribution is -2.61. The molecule has 0 fully saturated rings. The largest absolute Gasteiger partial charge is 0.311 e. The van der Waals surface area contributed by atoms with Crippen molar-refractivity contribution in [2.24, 2.45) is 0 Å². The molecule has 5 heterocycles. The van der Waals surface area contributed by atoms with Gasteiger partial charge in [-0.25, -0.2) is 29.9 Å². The Morgan fingerprint density at radius 3 is 1.10 bits per heavy atom. The molecule has 12 aromatic carbocycles. The lowest BCUT2D eigenvalue weighted by atomic mass is 9.33. The van der Waals surface area contributed by atoms with Gasteiger partial charge in [0, 0.05) is 78.3 Å². The van der Waals surface area contributed by atoms with Gasteiger partial charge in [-0.3, -0.25) is 0 Å². The zero-order valence-corrected chi connectivity index (χ0v) is 47.5. The first-order valence-electron chi connectivity index (χ1n) is 29.6. The Morgan fingerprint density at radius 2 is 0.614 bits per heavy atom. The molecular formula is C78H50BN9. The Hall–Kier alpha value is -11.9. The molecule has 0 saturated heterocycles. The fourth-order valence-electron chi connectivity index (χ4n) is 13.1. The fraction of sp³-hybridized carbons (Fsp3) is 0. The number of aromatic nitrogens is 7. The average molecular weight is 1120 g/mol. The van der Waals surface area contributed by atoms with Gasteiger partial charge in [-0.15, -0.1) is 0 Å². The first kappa shape index (κ1) is 50.6. The van der Waals surface area contributed by atoms with Crippen LogP contribution in [0.3, 0.4) is 0 Å². The molecule has 0 N–H and O–H groups in total. The second-order valence-electron chi connectivity index (χ2n) is 22.2. The molecular weight excluding hydrogens is 1070 g/mol. The Balaban J connectivity index is 0.913. The number of para-hydroxylation sites is 5. The second kappa shape index (κ2) is 21.0. The molecule has 0 bridgehead atoms. The standard InChI is InChI=1S/C78H50BN9/c1-7-25-51(26-8-1)73-80-74(52-27-9-2-10-28-52)83-77(82-73)56-43-45-61(78-84-75(53-29-11-3-12-30-53)81-76(85-78)54-31-13-4-14-32-54)69(48-56)88-65-40-22-19-37-60(65)62-47-55(44-46-66(62)88)57-49-70-72-71(50-57)87(59-35-17-6-18-36-59)68-42-24-21-39-64(68)79(72)63-38-20-23-41-67(63)86(70)58-33-15-5-16-34-58/h1-50H. The number of benzene rings is 12. The zero-order valence-electron chi connectivity index (χ0n) is 47.5. The van der Waals surface area contributed by atoms with Gasteiger partial charge in [-0.1, -0.05) is 224 Å². The van der Waals surface area contributed by atoms with E-state index in [-0.39, 0.29) is 6.71 Å². The highest BCUT2D eigenvalue weighted by Gasteiger charge is 2.43. The van der Waals surface area contributed by atoms with Crippen LogP contribution in [0.5, 0.6) is 0 Å². The van der Waals surface area contributed by atoms with Gasteiger partial charge in [-0.05, 0) is 106 Å². The molecule has 0 unspecified atom stereocenters. The number of rotatable bonds is 10. The van der Waals surface area contributed by atoms with Crippen LogP contribution in [0.25, 0.3) is 107 Å². The van der Waals surface area contributed by atoms with Crippen molar-refractivity contribution in [3.63, 3.8) is 0 Å². The molecule has 17 rings (SSSR count). The molecule has 9 nitrogen and oxygen atoms in total. The summed E-state index contributed by atoms with van der Waals surface area (Å²) >= 11 is 0. The van der Waals surface area contributed by atoms with Crippen molar-refractivity contribution in [2.45, 2.75) is 0 Å². The molecule has 0 saturated carbocycles. The average Bonchev–Trinajstić information content (AvgIpc) is 0.870. The van der Waals surface area contributed by atoms with E-state index in [1.54, 1.807) is 0 Å². The van der Waals surface area contributed by atoms with E-state index in [9.17, 15) is 0 Å². The summed E-state index contributed by atoms with van der Waals surface area (Å²) in [6.45, 7) is 0.00103. The minimum atomic E-state index is 0.00103. The van der Waals surface area contributed by atoms with Gasteiger partial charge in [0.2, 0.25) is 0 Å². The van der Waals surface area contributed by atoms with Crippen molar-refractivity contribution < 1.29 is 0 Å². The highest BCUT2D eigenvalue weighted by atomic mass is 15.2. The monoisotopic (exact) mass is 1120 g/mol. The highest BCUT2D eigenvalue weighted by Crippen LogP contribution is 2.47. The fourth-order valence-corrected chi connectivity index (χ4v) is 13.1. The second-order valence-corrected chi connectivity index (χ2v) is 22.2. The van der Waals surface area contributed by atoms with Crippen LogP contribution in [-0.4, -0.2) is 41.2 Å². The quantitative estimate of drug-likeness (QED) is 0.125. The zero-order chi connectivity index (χ0) is 58.1. The molecule has 2 aliphatic rings. The van der Waals surface area contributed by atoms with Crippen LogP contribution in [0.1, 0.15) is 0 Å². The van der Waals surface area contributed by atoms with Gasteiger partial charge in [0.25, 0.3) is 6.71 Å². The Labute approximate surface area is 509 Å². The van der Waals surface area contributed by atoms with E-state index in [1.165, 1.54) is 27.8 Å². The van der Waals surface area contributed by atoms with Crippen molar-refractivity contribution in [3.05, 3.63) is 303 Å². The third-order valence-corrected chi connectivity index (χ3v) is 17.1. The predicted molar refractivity (Wildman–Crippen MR) is 360 cm³/mol. The molecule has 2 aliphatic heterocycles. The summed E-state index contributed by atoms with van der Waals surface area (Å²) in [5.41, 5.74) is 20.9. The normalized spacial score (nSPS) is 12.2. The van der Waals surface area contributed by atoms with Crippen molar-refractivity contribution in [1.29, 1.82) is 0 Å². The van der Waals surface area contributed by atoms with Gasteiger partial charge in [0.15, 0.2) is 34.9 Å². The summed E-state index contributed by atoms with van der Waals surface area (Å²) in [5, 5.41) is 2.19. The molecule has 0 atom stereocenters. The van der Waals surface area contributed by atoms with Crippen molar-refractivity contribution in [1.82, 2.24) is 34.5 Å². The SMILES string of the molecule is c1ccc(-c2nc(-c3ccccc3)nc(-c3ccc(-c4nc(-c5ccccc5)nc(-c5ccccc5)n4)c(-n4c5ccccc5c5cc(-c6cc7c8c(c6)N(c6ccccc6)c6ccccc6B8c6ccccc6N7c6ccccc6)ccc54)c3)n2)cc1. The smallest absolute Gasteiger partial charge is 0.252 e. The predicted octanol–water partition coefficient (Wildman–Crippen LogP) is 16.9. The number of nitrogens with zero attached hydrogens (tertiary/aromatic N) is 9. The maximum absolute atomic E-state index is 5.35. The van der Waals surface area contributed by atoms with Crippen molar-refractivity contribution in [3.8, 4) is 85.1 Å². The number of fused-ring (bicyclic) bond motifs is 7. The lowest BCUT2D eigenvalue weighted by Gasteiger charge is -2.44. The summed E-state index contributed by atoms with van der Waals surface area (Å²) in [4.78, 5) is 36.3. The number of anilines is 6. The third-order valence-electron chi connectivity index (χ3n) is 17.1. The molecule has 0 spiro atoms. The van der Waals surface area contributed by atoms with Crippen molar-refractivity contribution >= 4 is 79.0 Å². The number of hydrogen-bond acceptors (Lipinski definition) is 8. The number of hydrogen-bond donors (Lipinski definition) is 0. The Morgan fingerprint density at radius 1 is 0.239 bits per heavy atom. The van der Waals surface area contributed by atoms with Gasteiger partial charge in [0.1, 0.15) is 0 Å². The third kappa shape index (κ3) is 8.56. The molecule has 15 aromatic rings. The van der Waals surface area contributed by atoms with E-state index in [0.29, 0.717) is 34.9 Å². The van der Waals surface area contributed by atoms with Crippen LogP contribution >= 0.6 is 0 Å².